The third-order valence-electron chi connectivity index (χ3n) is 5.29. The third kappa shape index (κ3) is 2.47. The third-order valence-corrected chi connectivity index (χ3v) is 5.29. The van der Waals surface area contributed by atoms with E-state index < -0.39 is 28.6 Å². The van der Waals surface area contributed by atoms with Gasteiger partial charge in [0.25, 0.3) is 0 Å². The zero-order chi connectivity index (χ0) is 18.6. The molecule has 1 aliphatic carbocycles. The van der Waals surface area contributed by atoms with Gasteiger partial charge in [-0.25, -0.2) is 13.6 Å². The second-order valence-electron chi connectivity index (χ2n) is 6.96. The van der Waals surface area contributed by atoms with E-state index in [1.54, 1.807) is 4.90 Å². The van der Waals surface area contributed by atoms with Crippen molar-refractivity contribution in [2.75, 3.05) is 18.0 Å². The minimum atomic E-state index is -1.40. The fourth-order valence-corrected chi connectivity index (χ4v) is 3.86. The van der Waals surface area contributed by atoms with Gasteiger partial charge in [-0.3, -0.25) is 4.79 Å². The predicted molar refractivity (Wildman–Crippen MR) is 92.8 cm³/mol. The van der Waals surface area contributed by atoms with E-state index in [0.717, 1.165) is 31.7 Å². The van der Waals surface area contributed by atoms with E-state index in [1.807, 2.05) is 0 Å². The smallest absolute Gasteiger partial charge is 0.341 e. The molecule has 1 aliphatic heterocycles. The van der Waals surface area contributed by atoms with E-state index in [2.05, 4.69) is 0 Å². The predicted octanol–water partition coefficient (Wildman–Crippen LogP) is 2.24. The maximum Gasteiger partial charge on any atom is 0.341 e. The lowest BCUT2D eigenvalue weighted by Crippen LogP contribution is -2.36. The minimum absolute atomic E-state index is 0.0263. The number of aromatic nitrogens is 1. The number of rotatable bonds is 4. The zero-order valence-corrected chi connectivity index (χ0v) is 14.0. The Morgan fingerprint density at radius 3 is 2.65 bits per heavy atom. The molecule has 26 heavy (non-hydrogen) atoms. The number of benzene rings is 1. The first kappa shape index (κ1) is 17.0. The van der Waals surface area contributed by atoms with Crippen LogP contribution in [0.3, 0.4) is 0 Å². The van der Waals surface area contributed by atoms with Gasteiger partial charge in [-0.1, -0.05) is 0 Å². The second kappa shape index (κ2) is 6.05. The summed E-state index contributed by atoms with van der Waals surface area (Å²) < 4.78 is 31.7. The molecular weight excluding hydrogens is 344 g/mol. The van der Waals surface area contributed by atoms with Gasteiger partial charge >= 0.3 is 5.97 Å². The topological polar surface area (TPSA) is 88.6 Å². The van der Waals surface area contributed by atoms with Crippen molar-refractivity contribution >= 4 is 22.6 Å². The van der Waals surface area contributed by atoms with Crippen LogP contribution in [0.5, 0.6) is 0 Å². The lowest BCUT2D eigenvalue weighted by molar-refractivity contribution is 0.0695. The van der Waals surface area contributed by atoms with Crippen LogP contribution in [0, 0.1) is 11.6 Å². The first-order valence-electron chi connectivity index (χ1n) is 8.71. The number of carboxylic acid groups (broad SMARTS) is 1. The molecule has 1 aromatic heterocycles. The average Bonchev–Trinajstić information content (AvgIpc) is 3.34. The molecule has 3 N–H and O–H groups in total. The Morgan fingerprint density at radius 2 is 2.04 bits per heavy atom. The van der Waals surface area contributed by atoms with Crippen LogP contribution in [0.4, 0.5) is 14.5 Å². The van der Waals surface area contributed by atoms with E-state index in [-0.39, 0.29) is 35.2 Å². The number of hydrogen-bond donors (Lipinski definition) is 2. The molecule has 0 spiro atoms. The SMILES string of the molecule is NCC1CCCN1c1c(F)cc2c(=O)c(C(=O)O)cn(C3CC3)c2c1F. The summed E-state index contributed by atoms with van der Waals surface area (Å²) in [5, 5.41) is 9.02. The van der Waals surface area contributed by atoms with Crippen molar-refractivity contribution in [3.8, 4) is 0 Å². The quantitative estimate of drug-likeness (QED) is 0.870. The number of carbonyl (C=O) groups is 1. The summed E-state index contributed by atoms with van der Waals surface area (Å²) in [6.45, 7) is 0.770. The molecule has 1 unspecified atom stereocenters. The molecule has 2 heterocycles. The van der Waals surface area contributed by atoms with Gasteiger partial charge in [0.2, 0.25) is 5.43 Å². The molecule has 4 rings (SSSR count). The van der Waals surface area contributed by atoms with Gasteiger partial charge in [0.15, 0.2) is 5.82 Å². The number of nitrogens with zero attached hydrogens (tertiary/aromatic N) is 2. The van der Waals surface area contributed by atoms with Gasteiger partial charge in [-0.15, -0.1) is 0 Å². The van der Waals surface area contributed by atoms with Crippen LogP contribution in [0.25, 0.3) is 10.9 Å². The Bertz CT molecular complexity index is 969. The van der Waals surface area contributed by atoms with Crippen molar-refractivity contribution < 1.29 is 18.7 Å². The Kier molecular flexibility index (Phi) is 3.95. The van der Waals surface area contributed by atoms with Crippen LogP contribution >= 0.6 is 0 Å². The van der Waals surface area contributed by atoms with Gasteiger partial charge in [-0.05, 0) is 31.7 Å². The molecule has 2 aliphatic rings. The number of aromatic carboxylic acids is 1. The molecular formula is C18H19F2N3O3. The summed E-state index contributed by atoms with van der Waals surface area (Å²) in [7, 11) is 0. The first-order valence-corrected chi connectivity index (χ1v) is 8.71. The highest BCUT2D eigenvalue weighted by atomic mass is 19.1. The van der Waals surface area contributed by atoms with Gasteiger partial charge in [0, 0.05) is 31.4 Å². The van der Waals surface area contributed by atoms with Crippen molar-refractivity contribution in [2.24, 2.45) is 5.73 Å². The molecule has 6 nitrogen and oxygen atoms in total. The zero-order valence-electron chi connectivity index (χ0n) is 14.0. The van der Waals surface area contributed by atoms with Crippen molar-refractivity contribution in [1.82, 2.24) is 4.57 Å². The Hall–Kier alpha value is -2.48. The largest absolute Gasteiger partial charge is 0.477 e. The minimum Gasteiger partial charge on any atom is -0.477 e. The summed E-state index contributed by atoms with van der Waals surface area (Å²) in [5.74, 6) is -3.09. The summed E-state index contributed by atoms with van der Waals surface area (Å²) in [6, 6.07) is 0.733. The van der Waals surface area contributed by atoms with Crippen LogP contribution in [0.1, 0.15) is 42.1 Å². The highest BCUT2D eigenvalue weighted by Crippen LogP contribution is 2.40. The molecule has 0 radical (unpaired) electrons. The summed E-state index contributed by atoms with van der Waals surface area (Å²) in [5.41, 5.74) is 4.18. The van der Waals surface area contributed by atoms with Crippen molar-refractivity contribution in [3.05, 3.63) is 39.7 Å². The number of fused-ring (bicyclic) bond motifs is 1. The number of pyridine rings is 1. The van der Waals surface area contributed by atoms with Crippen molar-refractivity contribution in [2.45, 2.75) is 37.8 Å². The van der Waals surface area contributed by atoms with E-state index in [0.29, 0.717) is 6.54 Å². The van der Waals surface area contributed by atoms with Crippen LogP contribution in [0.15, 0.2) is 17.1 Å². The van der Waals surface area contributed by atoms with Gasteiger partial charge in [-0.2, -0.15) is 0 Å². The lowest BCUT2D eigenvalue weighted by Gasteiger charge is -2.27. The van der Waals surface area contributed by atoms with Gasteiger partial charge in [0.1, 0.15) is 17.1 Å². The van der Waals surface area contributed by atoms with Crippen molar-refractivity contribution in [3.63, 3.8) is 0 Å². The molecule has 2 fully saturated rings. The molecule has 8 heteroatoms. The first-order chi connectivity index (χ1) is 12.4. The summed E-state index contributed by atoms with van der Waals surface area (Å²) in [4.78, 5) is 25.4. The molecule has 138 valence electrons. The van der Waals surface area contributed by atoms with Crippen LogP contribution in [-0.2, 0) is 0 Å². The molecule has 2 aromatic rings. The normalized spacial score (nSPS) is 20.1. The Morgan fingerprint density at radius 1 is 1.31 bits per heavy atom. The number of nitrogens with two attached hydrogens (primary N) is 1. The van der Waals surface area contributed by atoms with Gasteiger partial charge < -0.3 is 20.3 Å². The van der Waals surface area contributed by atoms with E-state index in [1.165, 1.54) is 10.8 Å². The van der Waals surface area contributed by atoms with Crippen molar-refractivity contribution in [1.29, 1.82) is 0 Å². The lowest BCUT2D eigenvalue weighted by atomic mass is 10.1. The maximum atomic E-state index is 15.4. The fourth-order valence-electron chi connectivity index (χ4n) is 3.86. The number of halogens is 2. The summed E-state index contributed by atoms with van der Waals surface area (Å²) >= 11 is 0. The van der Waals surface area contributed by atoms with Gasteiger partial charge in [0.05, 0.1) is 10.9 Å². The molecule has 1 saturated heterocycles. The molecule has 0 amide bonds. The molecule has 0 bridgehead atoms. The van der Waals surface area contributed by atoms with E-state index in [9.17, 15) is 19.1 Å². The monoisotopic (exact) mass is 363 g/mol. The highest BCUT2D eigenvalue weighted by molar-refractivity contribution is 5.94. The summed E-state index contributed by atoms with van der Waals surface area (Å²) in [6.07, 6.45) is 4.24. The fraction of sp³-hybridized carbons (Fsp3) is 0.444. The van der Waals surface area contributed by atoms with Crippen LogP contribution in [-0.4, -0.2) is 34.8 Å². The Balaban J connectivity index is 2.03. The molecule has 1 atom stereocenters. The second-order valence-corrected chi connectivity index (χ2v) is 6.96. The average molecular weight is 363 g/mol. The highest BCUT2D eigenvalue weighted by Gasteiger charge is 2.33. The van der Waals surface area contributed by atoms with Crippen LogP contribution in [0.2, 0.25) is 0 Å². The van der Waals surface area contributed by atoms with Crippen LogP contribution < -0.4 is 16.1 Å². The molecule has 1 saturated carbocycles. The standard InChI is InChI=1S/C18H19F2N3O3/c19-13-6-11-15(14(20)16(13)22-5-1-2-10(22)7-21)23(9-3-4-9)8-12(17(11)24)18(25)26/h6,8-10H,1-5,7,21H2,(H,25,26). The number of carboxylic acids is 1. The van der Waals surface area contributed by atoms with E-state index in [4.69, 9.17) is 5.73 Å². The van der Waals surface area contributed by atoms with E-state index >= 15 is 4.39 Å². The maximum absolute atomic E-state index is 15.4. The Labute approximate surface area is 147 Å². The number of hydrogen-bond acceptors (Lipinski definition) is 4. The number of anilines is 1. The molecule has 1 aromatic carbocycles.